The number of anilines is 1. The van der Waals surface area contributed by atoms with Gasteiger partial charge in [0.1, 0.15) is 12.4 Å². The van der Waals surface area contributed by atoms with Crippen LogP contribution in [-0.4, -0.2) is 30.6 Å². The predicted molar refractivity (Wildman–Crippen MR) is 101 cm³/mol. The van der Waals surface area contributed by atoms with Gasteiger partial charge in [0.25, 0.3) is 5.56 Å². The monoisotopic (exact) mass is 360 g/mol. The summed E-state index contributed by atoms with van der Waals surface area (Å²) >= 11 is 0. The van der Waals surface area contributed by atoms with Crippen molar-refractivity contribution >= 4 is 22.5 Å². The van der Waals surface area contributed by atoms with Crippen LogP contribution < -0.4 is 10.9 Å². The molecule has 0 saturated heterocycles. The summed E-state index contributed by atoms with van der Waals surface area (Å²) in [6.45, 7) is 1.66. The number of H-pyrrole nitrogens is 1. The summed E-state index contributed by atoms with van der Waals surface area (Å²) in [5.74, 6) is 0.290. The maximum Gasteiger partial charge on any atom is 0.261 e. The Kier molecular flexibility index (Phi) is 4.21. The molecule has 8 nitrogen and oxygen atoms in total. The Balaban J connectivity index is 1.59. The molecule has 8 heteroatoms. The molecule has 27 heavy (non-hydrogen) atoms. The molecule has 0 saturated carbocycles. The number of carbonyl (C=O) groups excluding carboxylic acids is 1. The first kappa shape index (κ1) is 16.6. The highest BCUT2D eigenvalue weighted by Gasteiger charge is 2.18. The van der Waals surface area contributed by atoms with E-state index in [0.29, 0.717) is 22.4 Å². The average molecular weight is 360 g/mol. The van der Waals surface area contributed by atoms with Crippen LogP contribution in [-0.2, 0) is 4.79 Å². The van der Waals surface area contributed by atoms with Crippen LogP contribution in [0.2, 0.25) is 0 Å². The molecule has 4 aromatic rings. The molecule has 0 spiro atoms. The van der Waals surface area contributed by atoms with Gasteiger partial charge >= 0.3 is 0 Å². The molecule has 134 valence electrons. The standard InChI is InChI=1S/C19H16N6O2/c1-12(25-11-21-16-8-3-2-7-15(16)19(25)27)18(26)23-14-6-4-5-13(9-14)17-20-10-22-24-17/h2-12H,1H3,(H,23,26)(H,20,22,24). The molecule has 2 aromatic heterocycles. The number of fused-ring (bicyclic) bond motifs is 1. The number of nitrogens with one attached hydrogen (secondary N) is 2. The zero-order valence-electron chi connectivity index (χ0n) is 14.5. The van der Waals surface area contributed by atoms with Crippen molar-refractivity contribution in [1.82, 2.24) is 24.7 Å². The number of aromatic amines is 1. The molecule has 0 bridgehead atoms. The summed E-state index contributed by atoms with van der Waals surface area (Å²) in [6.07, 6.45) is 2.82. The van der Waals surface area contributed by atoms with Crippen LogP contribution in [0, 0.1) is 0 Å². The summed E-state index contributed by atoms with van der Waals surface area (Å²) in [4.78, 5) is 33.7. The Morgan fingerprint density at radius 1 is 1.15 bits per heavy atom. The second kappa shape index (κ2) is 6.83. The van der Waals surface area contributed by atoms with Crippen LogP contribution in [0.5, 0.6) is 0 Å². The van der Waals surface area contributed by atoms with Crippen molar-refractivity contribution in [2.45, 2.75) is 13.0 Å². The minimum Gasteiger partial charge on any atom is -0.324 e. The van der Waals surface area contributed by atoms with Crippen molar-refractivity contribution in [2.24, 2.45) is 0 Å². The number of carbonyl (C=O) groups is 1. The molecule has 1 atom stereocenters. The van der Waals surface area contributed by atoms with Gasteiger partial charge in [-0.15, -0.1) is 0 Å². The van der Waals surface area contributed by atoms with Crippen molar-refractivity contribution in [3.05, 3.63) is 71.5 Å². The Bertz CT molecular complexity index is 1170. The van der Waals surface area contributed by atoms with E-state index in [0.717, 1.165) is 5.56 Å². The highest BCUT2D eigenvalue weighted by atomic mass is 16.2. The summed E-state index contributed by atoms with van der Waals surface area (Å²) in [5.41, 5.74) is 1.75. The minimum atomic E-state index is -0.719. The van der Waals surface area contributed by atoms with Crippen LogP contribution in [0.1, 0.15) is 13.0 Å². The van der Waals surface area contributed by atoms with E-state index < -0.39 is 6.04 Å². The summed E-state index contributed by atoms with van der Waals surface area (Å²) < 4.78 is 1.33. The van der Waals surface area contributed by atoms with Gasteiger partial charge in [-0.1, -0.05) is 24.3 Å². The molecule has 0 fully saturated rings. The maximum atomic E-state index is 12.7. The Morgan fingerprint density at radius 2 is 2.00 bits per heavy atom. The normalized spacial score (nSPS) is 12.0. The number of hydrogen-bond donors (Lipinski definition) is 2. The topological polar surface area (TPSA) is 106 Å². The Morgan fingerprint density at radius 3 is 2.81 bits per heavy atom. The van der Waals surface area contributed by atoms with Crippen LogP contribution in [0.4, 0.5) is 5.69 Å². The third-order valence-electron chi connectivity index (χ3n) is 4.31. The van der Waals surface area contributed by atoms with E-state index in [1.54, 1.807) is 37.3 Å². The van der Waals surface area contributed by atoms with Crippen molar-refractivity contribution in [3.63, 3.8) is 0 Å². The van der Waals surface area contributed by atoms with Gasteiger partial charge in [-0.05, 0) is 31.2 Å². The van der Waals surface area contributed by atoms with Gasteiger partial charge in [0.05, 0.1) is 17.2 Å². The SMILES string of the molecule is CC(C(=O)Nc1cccc(-c2ncn[nH]2)c1)n1cnc2ccccc2c1=O. The molecule has 2 N–H and O–H groups in total. The van der Waals surface area contributed by atoms with E-state index in [1.807, 2.05) is 18.2 Å². The van der Waals surface area contributed by atoms with Crippen molar-refractivity contribution in [3.8, 4) is 11.4 Å². The van der Waals surface area contributed by atoms with Crippen LogP contribution in [0.3, 0.4) is 0 Å². The number of aromatic nitrogens is 5. The van der Waals surface area contributed by atoms with Gasteiger partial charge in [-0.3, -0.25) is 19.3 Å². The molecule has 1 unspecified atom stereocenters. The molecule has 0 radical (unpaired) electrons. The second-order valence-corrected chi connectivity index (χ2v) is 6.05. The third-order valence-corrected chi connectivity index (χ3v) is 4.31. The number of amides is 1. The zero-order chi connectivity index (χ0) is 18.8. The Labute approximate surface area is 153 Å². The molecule has 0 aliphatic heterocycles. The van der Waals surface area contributed by atoms with E-state index in [-0.39, 0.29) is 11.5 Å². The number of rotatable bonds is 4. The largest absolute Gasteiger partial charge is 0.324 e. The van der Waals surface area contributed by atoms with Gasteiger partial charge < -0.3 is 5.32 Å². The smallest absolute Gasteiger partial charge is 0.261 e. The predicted octanol–water partition coefficient (Wildman–Crippen LogP) is 2.38. The van der Waals surface area contributed by atoms with E-state index in [1.165, 1.54) is 17.2 Å². The number of nitrogens with zero attached hydrogens (tertiary/aromatic N) is 4. The van der Waals surface area contributed by atoms with Crippen LogP contribution in [0.15, 0.2) is 66.0 Å². The van der Waals surface area contributed by atoms with E-state index in [4.69, 9.17) is 0 Å². The second-order valence-electron chi connectivity index (χ2n) is 6.05. The third kappa shape index (κ3) is 3.20. The molecule has 2 heterocycles. The summed E-state index contributed by atoms with van der Waals surface area (Å²) in [7, 11) is 0. The van der Waals surface area contributed by atoms with E-state index >= 15 is 0 Å². The number of hydrogen-bond acceptors (Lipinski definition) is 5. The van der Waals surface area contributed by atoms with Crippen molar-refractivity contribution in [1.29, 1.82) is 0 Å². The zero-order valence-corrected chi connectivity index (χ0v) is 14.5. The fraction of sp³-hybridized carbons (Fsp3) is 0.105. The highest BCUT2D eigenvalue weighted by molar-refractivity contribution is 5.94. The van der Waals surface area contributed by atoms with E-state index in [9.17, 15) is 9.59 Å². The molecule has 0 aliphatic carbocycles. The maximum absolute atomic E-state index is 12.7. The Hall–Kier alpha value is -3.81. The summed E-state index contributed by atoms with van der Waals surface area (Å²) in [5, 5.41) is 9.91. The van der Waals surface area contributed by atoms with Crippen LogP contribution in [0.25, 0.3) is 22.3 Å². The number of para-hydroxylation sites is 1. The van der Waals surface area contributed by atoms with Gasteiger partial charge in [0, 0.05) is 11.3 Å². The van der Waals surface area contributed by atoms with Gasteiger partial charge in [-0.2, -0.15) is 5.10 Å². The molecule has 0 aliphatic rings. The van der Waals surface area contributed by atoms with Crippen molar-refractivity contribution < 1.29 is 4.79 Å². The lowest BCUT2D eigenvalue weighted by atomic mass is 10.2. The summed E-state index contributed by atoms with van der Waals surface area (Å²) in [6, 6.07) is 13.6. The molecular formula is C19H16N6O2. The van der Waals surface area contributed by atoms with Crippen molar-refractivity contribution in [2.75, 3.05) is 5.32 Å². The lowest BCUT2D eigenvalue weighted by Crippen LogP contribution is -2.31. The van der Waals surface area contributed by atoms with Gasteiger partial charge in [0.15, 0.2) is 5.82 Å². The van der Waals surface area contributed by atoms with Crippen LogP contribution >= 0.6 is 0 Å². The van der Waals surface area contributed by atoms with E-state index in [2.05, 4.69) is 25.5 Å². The minimum absolute atomic E-state index is 0.251. The number of benzene rings is 2. The molecular weight excluding hydrogens is 344 g/mol. The average Bonchev–Trinajstić information content (AvgIpc) is 3.23. The van der Waals surface area contributed by atoms with Gasteiger partial charge in [-0.25, -0.2) is 9.97 Å². The molecule has 2 aromatic carbocycles. The lowest BCUT2D eigenvalue weighted by Gasteiger charge is -2.15. The highest BCUT2D eigenvalue weighted by Crippen LogP contribution is 2.19. The molecule has 1 amide bonds. The fourth-order valence-electron chi connectivity index (χ4n) is 2.82. The first-order valence-corrected chi connectivity index (χ1v) is 8.36. The first-order chi connectivity index (χ1) is 13.1. The fourth-order valence-corrected chi connectivity index (χ4v) is 2.82. The molecule has 4 rings (SSSR count). The quantitative estimate of drug-likeness (QED) is 0.581. The first-order valence-electron chi connectivity index (χ1n) is 8.36. The lowest BCUT2D eigenvalue weighted by molar-refractivity contribution is -0.118. The van der Waals surface area contributed by atoms with Gasteiger partial charge in [0.2, 0.25) is 5.91 Å².